The van der Waals surface area contributed by atoms with Crippen molar-refractivity contribution in [2.75, 3.05) is 6.61 Å². The van der Waals surface area contributed by atoms with Crippen molar-refractivity contribution < 1.29 is 19.8 Å². The summed E-state index contributed by atoms with van der Waals surface area (Å²) in [7, 11) is 0. The number of carbonyl (C=O) groups is 1. The van der Waals surface area contributed by atoms with E-state index in [-0.39, 0.29) is 6.04 Å². The first-order chi connectivity index (χ1) is 11.6. The van der Waals surface area contributed by atoms with Gasteiger partial charge < -0.3 is 9.84 Å². The molecular weight excluding hydrogens is 308 g/mol. The summed E-state index contributed by atoms with van der Waals surface area (Å²) in [5.74, 6) is -0.00202. The van der Waals surface area contributed by atoms with Crippen LogP contribution in [0.3, 0.4) is 0 Å². The molecule has 0 bridgehead atoms. The van der Waals surface area contributed by atoms with Gasteiger partial charge in [0.2, 0.25) is 0 Å². The lowest BCUT2D eigenvalue weighted by atomic mass is 10.0. The number of hydrogen-bond donors (Lipinski definition) is 3. The topological polar surface area (TPSA) is 82.0 Å². The van der Waals surface area contributed by atoms with Gasteiger partial charge in [0.1, 0.15) is 18.6 Å². The summed E-state index contributed by atoms with van der Waals surface area (Å²) in [5, 5.41) is 19.0. The zero-order valence-electron chi connectivity index (χ0n) is 13.3. The molecule has 2 aromatic rings. The highest BCUT2D eigenvalue weighted by atomic mass is 16.5. The zero-order chi connectivity index (χ0) is 17.1. The minimum atomic E-state index is -0.648. The van der Waals surface area contributed by atoms with E-state index in [1.807, 2.05) is 35.2 Å². The molecule has 2 atom stereocenters. The van der Waals surface area contributed by atoms with Crippen molar-refractivity contribution in [3.63, 3.8) is 0 Å². The molecule has 1 unspecified atom stereocenters. The van der Waals surface area contributed by atoms with Gasteiger partial charge in [0, 0.05) is 17.7 Å². The molecular formula is C18H20N2O4. The van der Waals surface area contributed by atoms with E-state index in [1.54, 1.807) is 30.6 Å². The van der Waals surface area contributed by atoms with E-state index in [9.17, 15) is 9.90 Å². The fourth-order valence-corrected chi connectivity index (χ4v) is 2.95. The van der Waals surface area contributed by atoms with Crippen LogP contribution in [0, 0.1) is 0 Å². The van der Waals surface area contributed by atoms with E-state index in [2.05, 4.69) is 0 Å². The molecule has 1 heterocycles. The van der Waals surface area contributed by atoms with Crippen molar-refractivity contribution >= 4 is 5.91 Å². The first kappa shape index (κ1) is 16.4. The molecule has 0 radical (unpaired) electrons. The lowest BCUT2D eigenvalue weighted by Gasteiger charge is -2.31. The van der Waals surface area contributed by atoms with Crippen molar-refractivity contribution in [3.8, 4) is 5.75 Å². The van der Waals surface area contributed by atoms with Crippen LogP contribution in [0.5, 0.6) is 5.75 Å². The Bertz CT molecular complexity index is 718. The Morgan fingerprint density at radius 2 is 2.04 bits per heavy atom. The second-order valence-corrected chi connectivity index (χ2v) is 5.81. The number of amides is 1. The molecule has 0 saturated carbocycles. The van der Waals surface area contributed by atoms with Gasteiger partial charge in [-0.2, -0.15) is 0 Å². The number of hydroxylamine groups is 1. The van der Waals surface area contributed by atoms with Crippen LogP contribution in [0.1, 0.15) is 34.5 Å². The van der Waals surface area contributed by atoms with Crippen molar-refractivity contribution in [1.82, 2.24) is 10.4 Å². The number of aliphatic hydroxyl groups excluding tert-OH is 1. The molecule has 24 heavy (non-hydrogen) atoms. The Kier molecular flexibility index (Phi) is 4.80. The molecule has 3 rings (SSSR count). The van der Waals surface area contributed by atoms with E-state index in [4.69, 9.17) is 9.94 Å². The average Bonchev–Trinajstić information content (AvgIpc) is 2.81. The predicted octanol–water partition coefficient (Wildman–Crippen LogP) is 2.08. The van der Waals surface area contributed by atoms with Gasteiger partial charge in [-0.25, -0.2) is 5.48 Å². The van der Waals surface area contributed by atoms with Crippen LogP contribution in [-0.4, -0.2) is 34.0 Å². The highest BCUT2D eigenvalue weighted by molar-refractivity contribution is 5.93. The molecule has 0 saturated heterocycles. The molecule has 126 valence electrons. The van der Waals surface area contributed by atoms with E-state index in [1.165, 1.54) is 0 Å². The molecule has 0 fully saturated rings. The molecule has 1 aliphatic rings. The first-order valence-corrected chi connectivity index (χ1v) is 7.79. The fraction of sp³-hybridized carbons (Fsp3) is 0.278. The quantitative estimate of drug-likeness (QED) is 0.594. The molecule has 6 heteroatoms. The Labute approximate surface area is 140 Å². The number of ether oxygens (including phenoxy) is 1. The Morgan fingerprint density at radius 1 is 1.29 bits per heavy atom. The second kappa shape index (κ2) is 7.00. The maximum Gasteiger partial charge on any atom is 0.274 e. The summed E-state index contributed by atoms with van der Waals surface area (Å²) >= 11 is 0. The van der Waals surface area contributed by atoms with Crippen LogP contribution in [-0.2, 0) is 6.54 Å². The normalized spacial score (nSPS) is 18.9. The number of nitrogens with one attached hydrogen (secondary N) is 1. The summed E-state index contributed by atoms with van der Waals surface area (Å²) in [6.45, 7) is 2.58. The number of aliphatic hydroxyl groups is 1. The standard InChI is InChI=1S/C18H20N2O4/c1-12(21)20-10-15-8-7-14(18(22)19-23)9-17(15)24-11-16(20)13-5-3-2-4-6-13/h2-9,12,16,21,23H,10-11H2,1H3,(H,19,22)/t12?,16-/m1/s1. The smallest absolute Gasteiger partial charge is 0.274 e. The molecule has 1 amide bonds. The third-order valence-corrected chi connectivity index (χ3v) is 4.25. The van der Waals surface area contributed by atoms with E-state index in [0.29, 0.717) is 24.5 Å². The number of hydrogen-bond acceptors (Lipinski definition) is 5. The minimum Gasteiger partial charge on any atom is -0.491 e. The van der Waals surface area contributed by atoms with Crippen molar-refractivity contribution in [2.45, 2.75) is 25.7 Å². The number of rotatable bonds is 3. The van der Waals surface area contributed by atoms with E-state index >= 15 is 0 Å². The summed E-state index contributed by atoms with van der Waals surface area (Å²) in [4.78, 5) is 13.5. The zero-order valence-corrected chi connectivity index (χ0v) is 13.3. The van der Waals surface area contributed by atoms with Crippen LogP contribution in [0.25, 0.3) is 0 Å². The van der Waals surface area contributed by atoms with Crippen LogP contribution < -0.4 is 10.2 Å². The van der Waals surface area contributed by atoms with Gasteiger partial charge in [0.05, 0.1) is 6.04 Å². The summed E-state index contributed by atoms with van der Waals surface area (Å²) < 4.78 is 5.92. The summed E-state index contributed by atoms with van der Waals surface area (Å²) in [6.07, 6.45) is -0.648. The van der Waals surface area contributed by atoms with Crippen LogP contribution in [0.2, 0.25) is 0 Å². The number of benzene rings is 2. The number of nitrogens with zero attached hydrogens (tertiary/aromatic N) is 1. The molecule has 6 nitrogen and oxygen atoms in total. The molecule has 0 aromatic heterocycles. The Morgan fingerprint density at radius 3 is 2.71 bits per heavy atom. The molecule has 3 N–H and O–H groups in total. The van der Waals surface area contributed by atoms with Gasteiger partial charge in [-0.05, 0) is 24.6 Å². The second-order valence-electron chi connectivity index (χ2n) is 5.81. The molecule has 0 aliphatic carbocycles. The third kappa shape index (κ3) is 3.26. The van der Waals surface area contributed by atoms with Gasteiger partial charge in [0.25, 0.3) is 5.91 Å². The maximum atomic E-state index is 11.6. The van der Waals surface area contributed by atoms with Crippen LogP contribution >= 0.6 is 0 Å². The fourth-order valence-electron chi connectivity index (χ4n) is 2.95. The van der Waals surface area contributed by atoms with Gasteiger partial charge in [-0.1, -0.05) is 36.4 Å². The van der Waals surface area contributed by atoms with Crippen LogP contribution in [0.4, 0.5) is 0 Å². The lowest BCUT2D eigenvalue weighted by molar-refractivity contribution is -0.0255. The lowest BCUT2D eigenvalue weighted by Crippen LogP contribution is -2.37. The third-order valence-electron chi connectivity index (χ3n) is 4.25. The predicted molar refractivity (Wildman–Crippen MR) is 87.6 cm³/mol. The van der Waals surface area contributed by atoms with Crippen molar-refractivity contribution in [2.24, 2.45) is 0 Å². The van der Waals surface area contributed by atoms with Gasteiger partial charge in [0.15, 0.2) is 0 Å². The Hall–Kier alpha value is -2.41. The Balaban J connectivity index is 1.94. The molecule has 2 aromatic carbocycles. The molecule has 1 aliphatic heterocycles. The first-order valence-electron chi connectivity index (χ1n) is 7.79. The number of fused-ring (bicyclic) bond motifs is 1. The van der Waals surface area contributed by atoms with Crippen molar-refractivity contribution in [1.29, 1.82) is 0 Å². The molecule has 0 spiro atoms. The van der Waals surface area contributed by atoms with E-state index < -0.39 is 12.1 Å². The highest BCUT2D eigenvalue weighted by Crippen LogP contribution is 2.33. The van der Waals surface area contributed by atoms with E-state index in [0.717, 1.165) is 11.1 Å². The van der Waals surface area contributed by atoms with Crippen LogP contribution in [0.15, 0.2) is 48.5 Å². The summed E-state index contributed by atoms with van der Waals surface area (Å²) in [6, 6.07) is 14.8. The average molecular weight is 328 g/mol. The number of carbonyl (C=O) groups excluding carboxylic acids is 1. The monoisotopic (exact) mass is 328 g/mol. The minimum absolute atomic E-state index is 0.103. The van der Waals surface area contributed by atoms with Gasteiger partial charge >= 0.3 is 0 Å². The van der Waals surface area contributed by atoms with Crippen molar-refractivity contribution in [3.05, 3.63) is 65.2 Å². The summed E-state index contributed by atoms with van der Waals surface area (Å²) in [5.41, 5.74) is 3.87. The van der Waals surface area contributed by atoms with Gasteiger partial charge in [-0.15, -0.1) is 0 Å². The highest BCUT2D eigenvalue weighted by Gasteiger charge is 2.29. The SMILES string of the molecule is CC(O)N1Cc2ccc(C(=O)NO)cc2OC[C@@H]1c1ccccc1. The maximum absolute atomic E-state index is 11.6. The largest absolute Gasteiger partial charge is 0.491 e. The van der Waals surface area contributed by atoms with Gasteiger partial charge in [-0.3, -0.25) is 14.9 Å².